The van der Waals surface area contributed by atoms with Gasteiger partial charge in [0.1, 0.15) is 5.75 Å². The molecule has 0 aliphatic carbocycles. The molecule has 2 N–H and O–H groups in total. The summed E-state index contributed by atoms with van der Waals surface area (Å²) in [6.45, 7) is 7.21. The third kappa shape index (κ3) is 3.35. The zero-order valence-electron chi connectivity index (χ0n) is 14.7. The second kappa shape index (κ2) is 6.70. The predicted molar refractivity (Wildman–Crippen MR) is 96.7 cm³/mol. The molecule has 5 heteroatoms. The third-order valence-corrected chi connectivity index (χ3v) is 5.90. The van der Waals surface area contributed by atoms with Gasteiger partial charge < -0.3 is 20.0 Å². The van der Waals surface area contributed by atoms with Crippen LogP contribution in [0, 0.1) is 12.8 Å². The van der Waals surface area contributed by atoms with Gasteiger partial charge in [-0.15, -0.1) is 0 Å². The predicted octanol–water partition coefficient (Wildman–Crippen LogP) is 1.95. The lowest BCUT2D eigenvalue weighted by Gasteiger charge is -2.45. The highest BCUT2D eigenvalue weighted by Crippen LogP contribution is 2.33. The Labute approximate surface area is 146 Å². The molecule has 2 fully saturated rings. The number of rotatable bonds is 4. The number of ether oxygens (including phenoxy) is 1. The highest BCUT2D eigenvalue weighted by Gasteiger charge is 2.35. The molecule has 1 aromatic rings. The van der Waals surface area contributed by atoms with Gasteiger partial charge in [0.25, 0.3) is 0 Å². The standard InChI is InChI=1S/C19H28BN2O2/c1-14-17(3-2-16-4-7-20-24-18(14)16)10-15-11-22(12-15)13-19(21)5-8-23-9-6-19/h2-3,15H,4-13,21H2,1H3. The Morgan fingerprint density at radius 1 is 1.29 bits per heavy atom. The molecule has 1 radical (unpaired) electrons. The van der Waals surface area contributed by atoms with Crippen molar-refractivity contribution in [2.45, 2.75) is 44.5 Å². The second-order valence-electron chi connectivity index (χ2n) is 7.90. The minimum absolute atomic E-state index is 0.0331. The molecular weight excluding hydrogens is 299 g/mol. The summed E-state index contributed by atoms with van der Waals surface area (Å²) in [6.07, 6.45) is 5.27. The van der Waals surface area contributed by atoms with Crippen LogP contribution in [0.15, 0.2) is 12.1 Å². The number of benzene rings is 1. The molecule has 4 nitrogen and oxygen atoms in total. The van der Waals surface area contributed by atoms with Crippen molar-refractivity contribution in [3.8, 4) is 5.75 Å². The number of likely N-dealkylation sites (tertiary alicyclic amines) is 1. The van der Waals surface area contributed by atoms with Gasteiger partial charge in [-0.2, -0.15) is 0 Å². The fraction of sp³-hybridized carbons (Fsp3) is 0.684. The van der Waals surface area contributed by atoms with Crippen LogP contribution in [-0.4, -0.2) is 50.8 Å². The summed E-state index contributed by atoms with van der Waals surface area (Å²) in [5.74, 6) is 1.86. The number of hydrogen-bond acceptors (Lipinski definition) is 4. The molecule has 1 aromatic carbocycles. The van der Waals surface area contributed by atoms with E-state index in [0.717, 1.165) is 63.4 Å². The van der Waals surface area contributed by atoms with Gasteiger partial charge in [0.05, 0.1) is 0 Å². The Balaban J connectivity index is 1.32. The molecule has 3 aliphatic heterocycles. The van der Waals surface area contributed by atoms with Gasteiger partial charge in [-0.05, 0) is 61.5 Å². The minimum Gasteiger partial charge on any atom is -0.563 e. The van der Waals surface area contributed by atoms with Crippen LogP contribution in [0.3, 0.4) is 0 Å². The molecule has 129 valence electrons. The van der Waals surface area contributed by atoms with E-state index in [2.05, 4.69) is 24.0 Å². The summed E-state index contributed by atoms with van der Waals surface area (Å²) in [7, 11) is 1.94. The first-order valence-corrected chi connectivity index (χ1v) is 9.32. The average Bonchev–Trinajstić information content (AvgIpc) is 2.56. The molecule has 2 saturated heterocycles. The molecule has 0 bridgehead atoms. The number of nitrogens with two attached hydrogens (primary N) is 1. The van der Waals surface area contributed by atoms with Crippen LogP contribution >= 0.6 is 0 Å². The highest BCUT2D eigenvalue weighted by molar-refractivity contribution is 6.29. The van der Waals surface area contributed by atoms with E-state index in [0.29, 0.717) is 0 Å². The van der Waals surface area contributed by atoms with E-state index >= 15 is 0 Å². The summed E-state index contributed by atoms with van der Waals surface area (Å²) in [5, 5.41) is 0. The normalized spacial score (nSPS) is 23.8. The van der Waals surface area contributed by atoms with Gasteiger partial charge in [-0.25, -0.2) is 0 Å². The topological polar surface area (TPSA) is 47.7 Å². The van der Waals surface area contributed by atoms with Crippen molar-refractivity contribution in [2.24, 2.45) is 11.7 Å². The third-order valence-electron chi connectivity index (χ3n) is 5.90. The lowest BCUT2D eigenvalue weighted by atomic mass is 9.82. The molecule has 0 saturated carbocycles. The highest BCUT2D eigenvalue weighted by atomic mass is 16.5. The van der Waals surface area contributed by atoms with E-state index in [1.54, 1.807) is 0 Å². The van der Waals surface area contributed by atoms with E-state index in [1.165, 1.54) is 29.8 Å². The van der Waals surface area contributed by atoms with Gasteiger partial charge in [0.2, 0.25) is 0 Å². The van der Waals surface area contributed by atoms with Crippen LogP contribution in [0.2, 0.25) is 6.32 Å². The lowest BCUT2D eigenvalue weighted by Crippen LogP contribution is -2.59. The summed E-state index contributed by atoms with van der Waals surface area (Å²) < 4.78 is 11.2. The molecule has 3 heterocycles. The summed E-state index contributed by atoms with van der Waals surface area (Å²) in [4.78, 5) is 2.52. The van der Waals surface area contributed by atoms with Gasteiger partial charge in [0, 0.05) is 38.4 Å². The molecular formula is C19H28BN2O2. The zero-order valence-corrected chi connectivity index (χ0v) is 14.7. The van der Waals surface area contributed by atoms with Crippen LogP contribution in [0.4, 0.5) is 0 Å². The molecule has 0 atom stereocenters. The van der Waals surface area contributed by atoms with Crippen molar-refractivity contribution in [2.75, 3.05) is 32.8 Å². The van der Waals surface area contributed by atoms with E-state index in [-0.39, 0.29) is 5.54 Å². The molecule has 0 amide bonds. The maximum absolute atomic E-state index is 6.53. The van der Waals surface area contributed by atoms with Crippen LogP contribution < -0.4 is 10.4 Å². The Hall–Kier alpha value is -1.04. The second-order valence-corrected chi connectivity index (χ2v) is 7.90. The molecule has 24 heavy (non-hydrogen) atoms. The Kier molecular flexibility index (Phi) is 4.59. The van der Waals surface area contributed by atoms with Crippen LogP contribution in [0.25, 0.3) is 0 Å². The van der Waals surface area contributed by atoms with Gasteiger partial charge >= 0.3 is 7.48 Å². The summed E-state index contributed by atoms with van der Waals surface area (Å²) >= 11 is 0. The van der Waals surface area contributed by atoms with E-state index in [4.69, 9.17) is 15.1 Å². The average molecular weight is 327 g/mol. The molecule has 3 aliphatic rings. The SMILES string of the molecule is Cc1c(CC2CN(CC3(N)CCOCC3)C2)ccc2c1O[B]CC2. The number of nitrogens with zero attached hydrogens (tertiary/aromatic N) is 1. The number of hydrogen-bond donors (Lipinski definition) is 1. The first kappa shape index (κ1) is 16.4. The van der Waals surface area contributed by atoms with Crippen molar-refractivity contribution < 1.29 is 9.39 Å². The number of fused-ring (bicyclic) bond motifs is 1. The Bertz CT molecular complexity index is 595. The molecule has 0 unspecified atom stereocenters. The lowest BCUT2D eigenvalue weighted by molar-refractivity contribution is 0.0116. The van der Waals surface area contributed by atoms with E-state index in [9.17, 15) is 0 Å². The van der Waals surface area contributed by atoms with Crippen LogP contribution in [0.5, 0.6) is 5.75 Å². The van der Waals surface area contributed by atoms with Crippen molar-refractivity contribution in [3.63, 3.8) is 0 Å². The monoisotopic (exact) mass is 327 g/mol. The fourth-order valence-corrected chi connectivity index (χ4v) is 4.35. The molecule has 4 rings (SSSR count). The minimum atomic E-state index is -0.0331. The van der Waals surface area contributed by atoms with Crippen LogP contribution in [0.1, 0.15) is 29.5 Å². The number of aryl methyl sites for hydroxylation is 1. The van der Waals surface area contributed by atoms with Crippen molar-refractivity contribution in [1.29, 1.82) is 0 Å². The molecule has 0 aromatic heterocycles. The maximum atomic E-state index is 6.53. The summed E-state index contributed by atoms with van der Waals surface area (Å²) in [6, 6.07) is 4.58. The van der Waals surface area contributed by atoms with Gasteiger partial charge in [-0.3, -0.25) is 0 Å². The Morgan fingerprint density at radius 3 is 2.88 bits per heavy atom. The van der Waals surface area contributed by atoms with Crippen molar-refractivity contribution in [1.82, 2.24) is 4.90 Å². The van der Waals surface area contributed by atoms with Gasteiger partial charge in [0.15, 0.2) is 0 Å². The zero-order chi connectivity index (χ0) is 16.6. The van der Waals surface area contributed by atoms with Crippen molar-refractivity contribution >= 4 is 7.48 Å². The summed E-state index contributed by atoms with van der Waals surface area (Å²) in [5.41, 5.74) is 10.6. The fourth-order valence-electron chi connectivity index (χ4n) is 4.35. The quantitative estimate of drug-likeness (QED) is 0.859. The smallest absolute Gasteiger partial charge is 0.370 e. The molecule has 0 spiro atoms. The van der Waals surface area contributed by atoms with E-state index < -0.39 is 0 Å². The maximum Gasteiger partial charge on any atom is 0.370 e. The Morgan fingerprint density at radius 2 is 2.08 bits per heavy atom. The first-order chi connectivity index (χ1) is 11.6. The van der Waals surface area contributed by atoms with Gasteiger partial charge in [-0.1, -0.05) is 12.1 Å². The van der Waals surface area contributed by atoms with Crippen LogP contribution in [-0.2, 0) is 17.6 Å². The first-order valence-electron chi connectivity index (χ1n) is 9.32. The van der Waals surface area contributed by atoms with E-state index in [1.807, 2.05) is 7.48 Å². The van der Waals surface area contributed by atoms with Crippen molar-refractivity contribution in [3.05, 3.63) is 28.8 Å². The largest absolute Gasteiger partial charge is 0.563 e.